The van der Waals surface area contributed by atoms with E-state index in [4.69, 9.17) is 26.4 Å². The number of ketones is 1. The molecule has 6 nitrogen and oxygen atoms in total. The van der Waals surface area contributed by atoms with Crippen molar-refractivity contribution in [2.75, 3.05) is 12.4 Å². The topological polar surface area (TPSA) is 69.0 Å². The van der Waals surface area contributed by atoms with Gasteiger partial charge in [0.25, 0.3) is 0 Å². The molecule has 1 atom stereocenters. The molecule has 158 valence electrons. The van der Waals surface area contributed by atoms with Crippen molar-refractivity contribution in [3.05, 3.63) is 70.4 Å². The summed E-state index contributed by atoms with van der Waals surface area (Å²) in [6.07, 6.45) is 1.27. The number of fused-ring (bicyclic) bond motifs is 1. The molecular weight excluding hydrogens is 412 g/mol. The Morgan fingerprint density at radius 3 is 2.61 bits per heavy atom. The first kappa shape index (κ1) is 19.8. The van der Waals surface area contributed by atoms with Gasteiger partial charge in [-0.15, -0.1) is 5.10 Å². The molecule has 1 aliphatic heterocycles. The number of carbonyl (C=O) groups is 1. The molecular formula is C24H23ClN4O2. The third-order valence-corrected chi connectivity index (χ3v) is 6.12. The number of halogens is 1. The predicted molar refractivity (Wildman–Crippen MR) is 120 cm³/mol. The molecule has 1 unspecified atom stereocenters. The third kappa shape index (κ3) is 3.41. The molecule has 2 aliphatic rings. The minimum Gasteiger partial charge on any atom is -0.496 e. The van der Waals surface area contributed by atoms with Crippen molar-refractivity contribution in [3.8, 4) is 17.1 Å². The number of rotatable bonds is 3. The van der Waals surface area contributed by atoms with Gasteiger partial charge in [0.15, 0.2) is 11.6 Å². The summed E-state index contributed by atoms with van der Waals surface area (Å²) in [5, 5.41) is 8.87. The SMILES string of the molecule is COc1ccccc1-c1nc2n(n1)C(c1ccc(Cl)cc1)C1=C(CC(C)(C)CC1=O)N2. The fraction of sp³-hybridized carbons (Fsp3) is 0.292. The fourth-order valence-electron chi connectivity index (χ4n) is 4.51. The first-order chi connectivity index (χ1) is 14.9. The van der Waals surface area contributed by atoms with Gasteiger partial charge >= 0.3 is 0 Å². The summed E-state index contributed by atoms with van der Waals surface area (Å²) in [7, 11) is 1.63. The number of anilines is 1. The maximum Gasteiger partial charge on any atom is 0.226 e. The van der Waals surface area contributed by atoms with Crippen LogP contribution in [0.2, 0.25) is 5.02 Å². The number of hydrogen-bond donors (Lipinski definition) is 1. The Labute approximate surface area is 185 Å². The van der Waals surface area contributed by atoms with Crippen LogP contribution in [0.5, 0.6) is 5.75 Å². The standard InChI is InChI=1S/C24H23ClN4O2/c1-24(2)12-17-20(18(30)13-24)21(14-8-10-15(25)11-9-14)29-23(26-17)27-22(28-29)16-6-4-5-7-19(16)31-3/h4-11,21H,12-13H2,1-3H3,(H,26,27,28). The summed E-state index contributed by atoms with van der Waals surface area (Å²) in [5.41, 5.74) is 3.32. The highest BCUT2D eigenvalue weighted by atomic mass is 35.5. The molecule has 7 heteroatoms. The Morgan fingerprint density at radius 1 is 1.13 bits per heavy atom. The zero-order valence-electron chi connectivity index (χ0n) is 17.6. The van der Waals surface area contributed by atoms with E-state index in [0.29, 0.717) is 29.0 Å². The van der Waals surface area contributed by atoms with Crippen molar-refractivity contribution in [1.29, 1.82) is 0 Å². The van der Waals surface area contributed by atoms with Crippen LogP contribution in [0, 0.1) is 5.41 Å². The molecule has 0 fully saturated rings. The van der Waals surface area contributed by atoms with Gasteiger partial charge in [0, 0.05) is 22.7 Å². The summed E-state index contributed by atoms with van der Waals surface area (Å²) in [6.45, 7) is 4.24. The molecule has 31 heavy (non-hydrogen) atoms. The number of nitrogens with zero attached hydrogens (tertiary/aromatic N) is 3. The van der Waals surface area contributed by atoms with Crippen LogP contribution in [-0.2, 0) is 4.79 Å². The van der Waals surface area contributed by atoms with E-state index < -0.39 is 0 Å². The molecule has 0 saturated heterocycles. The van der Waals surface area contributed by atoms with Crippen LogP contribution in [-0.4, -0.2) is 27.7 Å². The number of ether oxygens (including phenoxy) is 1. The first-order valence-electron chi connectivity index (χ1n) is 10.2. The quantitative estimate of drug-likeness (QED) is 0.608. The van der Waals surface area contributed by atoms with E-state index in [1.807, 2.05) is 48.5 Å². The largest absolute Gasteiger partial charge is 0.496 e. The lowest BCUT2D eigenvalue weighted by molar-refractivity contribution is -0.118. The van der Waals surface area contributed by atoms with E-state index in [0.717, 1.165) is 28.8 Å². The van der Waals surface area contributed by atoms with Gasteiger partial charge in [-0.2, -0.15) is 4.98 Å². The monoisotopic (exact) mass is 434 g/mol. The Kier molecular flexibility index (Phi) is 4.63. The smallest absolute Gasteiger partial charge is 0.226 e. The van der Waals surface area contributed by atoms with Gasteiger partial charge in [-0.1, -0.05) is 49.7 Å². The van der Waals surface area contributed by atoms with E-state index in [1.54, 1.807) is 11.8 Å². The average Bonchev–Trinajstić information content (AvgIpc) is 3.15. The van der Waals surface area contributed by atoms with Gasteiger partial charge in [-0.3, -0.25) is 4.79 Å². The summed E-state index contributed by atoms with van der Waals surface area (Å²) < 4.78 is 7.31. The van der Waals surface area contributed by atoms with E-state index in [-0.39, 0.29) is 17.2 Å². The molecule has 0 bridgehead atoms. The number of methoxy groups -OCH3 is 1. The Morgan fingerprint density at radius 2 is 1.87 bits per heavy atom. The normalized spacial score (nSPS) is 19.5. The summed E-state index contributed by atoms with van der Waals surface area (Å²) in [6, 6.07) is 14.9. The average molecular weight is 435 g/mol. The molecule has 2 aromatic carbocycles. The zero-order valence-corrected chi connectivity index (χ0v) is 18.4. The third-order valence-electron chi connectivity index (χ3n) is 5.87. The molecule has 0 amide bonds. The molecule has 3 aromatic rings. The number of benzene rings is 2. The van der Waals surface area contributed by atoms with Crippen molar-refractivity contribution in [3.63, 3.8) is 0 Å². The molecule has 1 aliphatic carbocycles. The number of hydrogen-bond acceptors (Lipinski definition) is 5. The fourth-order valence-corrected chi connectivity index (χ4v) is 4.63. The van der Waals surface area contributed by atoms with Crippen LogP contribution in [0.1, 0.15) is 38.3 Å². The predicted octanol–water partition coefficient (Wildman–Crippen LogP) is 5.27. The first-order valence-corrected chi connectivity index (χ1v) is 10.6. The second-order valence-electron chi connectivity index (χ2n) is 8.82. The van der Waals surface area contributed by atoms with Crippen LogP contribution < -0.4 is 10.1 Å². The molecule has 2 heterocycles. The second kappa shape index (κ2) is 7.24. The molecule has 1 aromatic heterocycles. The number of nitrogens with one attached hydrogen (secondary N) is 1. The van der Waals surface area contributed by atoms with E-state index in [9.17, 15) is 4.79 Å². The number of aromatic nitrogens is 3. The minimum absolute atomic E-state index is 0.110. The van der Waals surface area contributed by atoms with Crippen LogP contribution in [0.15, 0.2) is 59.8 Å². The van der Waals surface area contributed by atoms with Crippen LogP contribution in [0.25, 0.3) is 11.4 Å². The number of allylic oxidation sites excluding steroid dienone is 2. The van der Waals surface area contributed by atoms with E-state index in [2.05, 4.69) is 19.2 Å². The summed E-state index contributed by atoms with van der Waals surface area (Å²) in [4.78, 5) is 18.1. The number of carbonyl (C=O) groups excluding carboxylic acids is 1. The van der Waals surface area contributed by atoms with Gasteiger partial charge in [0.2, 0.25) is 5.95 Å². The lowest BCUT2D eigenvalue weighted by Gasteiger charge is -2.38. The van der Waals surface area contributed by atoms with Crippen molar-refractivity contribution < 1.29 is 9.53 Å². The highest BCUT2D eigenvalue weighted by Crippen LogP contribution is 2.46. The van der Waals surface area contributed by atoms with Crippen molar-refractivity contribution in [2.24, 2.45) is 5.41 Å². The Balaban J connectivity index is 1.69. The van der Waals surface area contributed by atoms with Gasteiger partial charge in [-0.25, -0.2) is 4.68 Å². The van der Waals surface area contributed by atoms with E-state index >= 15 is 0 Å². The lowest BCUT2D eigenvalue weighted by atomic mass is 9.73. The summed E-state index contributed by atoms with van der Waals surface area (Å²) >= 11 is 6.13. The second-order valence-corrected chi connectivity index (χ2v) is 9.25. The van der Waals surface area contributed by atoms with Crippen LogP contribution in [0.3, 0.4) is 0 Å². The van der Waals surface area contributed by atoms with E-state index in [1.165, 1.54) is 0 Å². The van der Waals surface area contributed by atoms with Gasteiger partial charge in [0.1, 0.15) is 11.8 Å². The summed E-state index contributed by atoms with van der Waals surface area (Å²) in [5.74, 6) is 2.00. The zero-order chi connectivity index (χ0) is 21.8. The molecule has 1 N–H and O–H groups in total. The highest BCUT2D eigenvalue weighted by Gasteiger charge is 2.42. The molecule has 0 saturated carbocycles. The van der Waals surface area contributed by atoms with Crippen molar-refractivity contribution in [2.45, 2.75) is 32.7 Å². The minimum atomic E-state index is -0.358. The number of Topliss-reactive ketones (excluding diaryl/α,β-unsaturated/α-hetero) is 1. The molecule has 0 spiro atoms. The number of para-hydroxylation sites is 1. The maximum atomic E-state index is 13.3. The van der Waals surface area contributed by atoms with Gasteiger partial charge < -0.3 is 10.1 Å². The lowest BCUT2D eigenvalue weighted by Crippen LogP contribution is -2.36. The Hall–Kier alpha value is -3.12. The van der Waals surface area contributed by atoms with Crippen molar-refractivity contribution in [1.82, 2.24) is 14.8 Å². The maximum absolute atomic E-state index is 13.3. The van der Waals surface area contributed by atoms with Crippen LogP contribution >= 0.6 is 11.6 Å². The highest BCUT2D eigenvalue weighted by molar-refractivity contribution is 6.30. The Bertz CT molecular complexity index is 1210. The van der Waals surface area contributed by atoms with Crippen molar-refractivity contribution >= 4 is 23.3 Å². The van der Waals surface area contributed by atoms with Crippen LogP contribution in [0.4, 0.5) is 5.95 Å². The van der Waals surface area contributed by atoms with Gasteiger partial charge in [0.05, 0.1) is 12.7 Å². The molecule has 5 rings (SSSR count). The molecule has 0 radical (unpaired) electrons. The van der Waals surface area contributed by atoms with Gasteiger partial charge in [-0.05, 0) is 41.7 Å².